The average Bonchev–Trinajstić information content (AvgIpc) is 3.74. The lowest BCUT2D eigenvalue weighted by molar-refractivity contribution is 0.660. The molecule has 0 bridgehead atoms. The Hall–Kier alpha value is -7.94. The highest BCUT2D eigenvalue weighted by molar-refractivity contribution is 6.22. The Bertz CT molecular complexity index is 3800. The van der Waals surface area contributed by atoms with Crippen LogP contribution in [-0.4, -0.2) is 9.97 Å². The Morgan fingerprint density at radius 3 is 1.29 bits per heavy atom. The molecular formula is C64H46N2. The molecular weight excluding hydrogens is 797 g/mol. The van der Waals surface area contributed by atoms with Crippen molar-refractivity contribution in [1.82, 2.24) is 9.97 Å². The zero-order valence-corrected chi connectivity index (χ0v) is 37.5. The summed E-state index contributed by atoms with van der Waals surface area (Å²) < 4.78 is 0. The molecule has 0 atom stereocenters. The van der Waals surface area contributed by atoms with Crippen molar-refractivity contribution < 1.29 is 0 Å². The number of benzene rings is 10. The van der Waals surface area contributed by atoms with Gasteiger partial charge in [-0.1, -0.05) is 204 Å². The molecule has 0 unspecified atom stereocenters. The van der Waals surface area contributed by atoms with Crippen LogP contribution in [0.3, 0.4) is 0 Å². The van der Waals surface area contributed by atoms with Crippen LogP contribution in [-0.2, 0) is 10.8 Å². The Labute approximate surface area is 385 Å². The van der Waals surface area contributed by atoms with E-state index in [0.717, 1.165) is 39.1 Å². The zero-order chi connectivity index (χ0) is 44.3. The van der Waals surface area contributed by atoms with Gasteiger partial charge >= 0.3 is 0 Å². The minimum Gasteiger partial charge on any atom is -0.244 e. The van der Waals surface area contributed by atoms with Gasteiger partial charge in [0.2, 0.25) is 0 Å². The number of fused-ring (bicyclic) bond motifs is 9. The van der Waals surface area contributed by atoms with E-state index in [0.29, 0.717) is 0 Å². The summed E-state index contributed by atoms with van der Waals surface area (Å²) in [5.41, 5.74) is 23.5. The molecule has 0 N–H and O–H groups in total. The van der Waals surface area contributed by atoms with E-state index in [-0.39, 0.29) is 10.8 Å². The molecule has 1 aromatic heterocycles. The van der Waals surface area contributed by atoms with Gasteiger partial charge in [0.15, 0.2) is 0 Å². The SMILES string of the molecule is CC1(C)c2ccccc2-c2ccc(-c3ccc4c(-c5ccc6nc(-c7ccccc7)c(-c7ccccc7)nc6c5)c5ccccc5c(-c5ccc6c(c5)C(C)(C)c5ccccc5-6)c4c3)cc21. The van der Waals surface area contributed by atoms with Crippen molar-refractivity contribution in [1.29, 1.82) is 0 Å². The van der Waals surface area contributed by atoms with Crippen LogP contribution in [0.15, 0.2) is 206 Å². The van der Waals surface area contributed by atoms with Gasteiger partial charge < -0.3 is 0 Å². The number of hydrogen-bond donors (Lipinski definition) is 0. The molecule has 0 saturated carbocycles. The molecule has 10 aromatic carbocycles. The van der Waals surface area contributed by atoms with Crippen molar-refractivity contribution >= 4 is 32.6 Å². The van der Waals surface area contributed by atoms with Crippen molar-refractivity contribution in [2.24, 2.45) is 0 Å². The molecule has 0 saturated heterocycles. The van der Waals surface area contributed by atoms with E-state index >= 15 is 0 Å². The maximum atomic E-state index is 5.44. The van der Waals surface area contributed by atoms with Gasteiger partial charge in [0.1, 0.15) is 0 Å². The van der Waals surface area contributed by atoms with Crippen LogP contribution in [0.25, 0.3) is 111 Å². The minimum absolute atomic E-state index is 0.0939. The third kappa shape index (κ3) is 5.67. The fraction of sp³-hybridized carbons (Fsp3) is 0.0938. The summed E-state index contributed by atoms with van der Waals surface area (Å²) in [5, 5.41) is 4.88. The van der Waals surface area contributed by atoms with Gasteiger partial charge in [-0.25, -0.2) is 9.97 Å². The molecule has 13 rings (SSSR count). The van der Waals surface area contributed by atoms with E-state index in [1.54, 1.807) is 0 Å². The van der Waals surface area contributed by atoms with Gasteiger partial charge in [-0.2, -0.15) is 0 Å². The normalized spacial score (nSPS) is 14.0. The average molecular weight is 843 g/mol. The van der Waals surface area contributed by atoms with Gasteiger partial charge in [-0.05, 0) is 130 Å². The van der Waals surface area contributed by atoms with Crippen LogP contribution in [0.4, 0.5) is 0 Å². The Balaban J connectivity index is 1.06. The molecule has 2 aliphatic rings. The van der Waals surface area contributed by atoms with Crippen LogP contribution >= 0.6 is 0 Å². The zero-order valence-electron chi connectivity index (χ0n) is 37.5. The van der Waals surface area contributed by atoms with Crippen molar-refractivity contribution in [3.05, 3.63) is 229 Å². The second-order valence-electron chi connectivity index (χ2n) is 19.3. The summed E-state index contributed by atoms with van der Waals surface area (Å²) in [4.78, 5) is 10.8. The number of hydrogen-bond acceptors (Lipinski definition) is 2. The Morgan fingerprint density at radius 2 is 0.682 bits per heavy atom. The summed E-state index contributed by atoms with van der Waals surface area (Å²) in [6.07, 6.45) is 0. The molecule has 0 aliphatic heterocycles. The van der Waals surface area contributed by atoms with Gasteiger partial charge in [-0.15, -0.1) is 0 Å². The molecule has 11 aromatic rings. The fourth-order valence-electron chi connectivity index (χ4n) is 11.5. The van der Waals surface area contributed by atoms with Crippen LogP contribution < -0.4 is 0 Å². The topological polar surface area (TPSA) is 25.8 Å². The van der Waals surface area contributed by atoms with E-state index in [1.807, 2.05) is 6.07 Å². The third-order valence-corrected chi connectivity index (χ3v) is 14.9. The predicted octanol–water partition coefficient (Wildman–Crippen LogP) is 16.9. The van der Waals surface area contributed by atoms with E-state index in [1.165, 1.54) is 93.9 Å². The molecule has 0 spiro atoms. The number of nitrogens with zero attached hydrogens (tertiary/aromatic N) is 2. The number of aromatic nitrogens is 2. The minimum atomic E-state index is -0.126. The van der Waals surface area contributed by atoms with Crippen molar-refractivity contribution in [3.8, 4) is 78.1 Å². The van der Waals surface area contributed by atoms with E-state index in [9.17, 15) is 0 Å². The van der Waals surface area contributed by atoms with Crippen LogP contribution in [0.5, 0.6) is 0 Å². The predicted molar refractivity (Wildman–Crippen MR) is 277 cm³/mol. The van der Waals surface area contributed by atoms with Crippen molar-refractivity contribution in [3.63, 3.8) is 0 Å². The lowest BCUT2D eigenvalue weighted by atomic mass is 9.80. The highest BCUT2D eigenvalue weighted by Gasteiger charge is 2.37. The summed E-state index contributed by atoms with van der Waals surface area (Å²) >= 11 is 0. The first-order valence-electron chi connectivity index (χ1n) is 23.1. The third-order valence-electron chi connectivity index (χ3n) is 14.9. The molecule has 2 heteroatoms. The standard InChI is InChI=1S/C64H46N2/c1-63(2)53-25-15-13-21-45(53)47-31-27-42(36-55(47)63)41-28-33-51-52(35-41)60(43-29-32-48-46-22-14-16-26-54(46)64(3,4)56(48)37-43)50-24-12-11-23-49(50)59(51)44-30-34-57-58(38-44)66-62(40-19-9-6-10-20-40)61(65-57)39-17-7-5-8-18-39/h5-38H,1-4H3. The first-order chi connectivity index (χ1) is 32.2. The molecule has 2 nitrogen and oxygen atoms in total. The van der Waals surface area contributed by atoms with Gasteiger partial charge in [0.25, 0.3) is 0 Å². The summed E-state index contributed by atoms with van der Waals surface area (Å²) in [5.74, 6) is 0. The van der Waals surface area contributed by atoms with Crippen molar-refractivity contribution in [2.75, 3.05) is 0 Å². The molecule has 66 heavy (non-hydrogen) atoms. The molecule has 1 heterocycles. The molecule has 0 fully saturated rings. The molecule has 2 aliphatic carbocycles. The summed E-state index contributed by atoms with van der Waals surface area (Å²) in [7, 11) is 0. The summed E-state index contributed by atoms with van der Waals surface area (Å²) in [6, 6.07) is 75.9. The monoisotopic (exact) mass is 842 g/mol. The quantitative estimate of drug-likeness (QED) is 0.161. The first kappa shape index (κ1) is 38.5. The summed E-state index contributed by atoms with van der Waals surface area (Å²) in [6.45, 7) is 9.48. The Kier molecular flexibility index (Phi) is 8.33. The molecule has 0 amide bonds. The first-order valence-corrected chi connectivity index (χ1v) is 23.1. The van der Waals surface area contributed by atoms with Gasteiger partial charge in [0.05, 0.1) is 22.4 Å². The Morgan fingerprint density at radius 1 is 0.273 bits per heavy atom. The molecule has 312 valence electrons. The van der Waals surface area contributed by atoms with E-state index < -0.39 is 0 Å². The van der Waals surface area contributed by atoms with Crippen LogP contribution in [0.1, 0.15) is 49.9 Å². The maximum Gasteiger partial charge on any atom is 0.0973 e. The lowest BCUT2D eigenvalue weighted by Gasteiger charge is -2.23. The van der Waals surface area contributed by atoms with E-state index in [4.69, 9.17) is 9.97 Å². The second-order valence-corrected chi connectivity index (χ2v) is 19.3. The highest BCUT2D eigenvalue weighted by Crippen LogP contribution is 2.53. The number of rotatable bonds is 5. The fourth-order valence-corrected chi connectivity index (χ4v) is 11.5. The smallest absolute Gasteiger partial charge is 0.0973 e. The van der Waals surface area contributed by atoms with Crippen molar-refractivity contribution in [2.45, 2.75) is 38.5 Å². The highest BCUT2D eigenvalue weighted by atomic mass is 14.8. The van der Waals surface area contributed by atoms with E-state index in [2.05, 4.69) is 228 Å². The van der Waals surface area contributed by atoms with Gasteiger partial charge in [-0.3, -0.25) is 0 Å². The largest absolute Gasteiger partial charge is 0.244 e. The van der Waals surface area contributed by atoms with Gasteiger partial charge in [0, 0.05) is 22.0 Å². The van der Waals surface area contributed by atoms with Crippen LogP contribution in [0, 0.1) is 0 Å². The molecule has 0 radical (unpaired) electrons. The maximum absolute atomic E-state index is 5.44. The second kappa shape index (κ2) is 14.3. The van der Waals surface area contributed by atoms with Crippen LogP contribution in [0.2, 0.25) is 0 Å². The lowest BCUT2D eigenvalue weighted by Crippen LogP contribution is -2.14.